The standard InChI is InChI=1S/C26H19N5O2S/c1-33-26(32)24-22(18-8-6-17(7-9-18)21-11-28-14-30-21)25-23(31-24)19(12-34-25)15-2-4-16(5-3-15)20-10-27-13-29-20/h2-14,31H,1H3,(H,27,29)(H,28,30). The van der Waals surface area contributed by atoms with Crippen LogP contribution in [0.5, 0.6) is 0 Å². The third kappa shape index (κ3) is 3.32. The predicted octanol–water partition coefficient (Wildman–Crippen LogP) is 6.13. The van der Waals surface area contributed by atoms with Gasteiger partial charge in [0.15, 0.2) is 0 Å². The topological polar surface area (TPSA) is 99.5 Å². The number of fused-ring (bicyclic) bond motifs is 1. The second-order valence-corrected chi connectivity index (χ2v) is 8.69. The first kappa shape index (κ1) is 20.2. The van der Waals surface area contributed by atoms with Crippen molar-refractivity contribution in [1.82, 2.24) is 24.9 Å². The highest BCUT2D eigenvalue weighted by Crippen LogP contribution is 2.42. The molecule has 0 atom stereocenters. The van der Waals surface area contributed by atoms with Gasteiger partial charge in [-0.3, -0.25) is 0 Å². The molecule has 7 nitrogen and oxygen atoms in total. The quantitative estimate of drug-likeness (QED) is 0.267. The fourth-order valence-corrected chi connectivity index (χ4v) is 5.29. The molecule has 0 bridgehead atoms. The van der Waals surface area contributed by atoms with E-state index >= 15 is 0 Å². The van der Waals surface area contributed by atoms with Gasteiger partial charge in [-0.15, -0.1) is 11.3 Å². The molecule has 0 saturated heterocycles. The summed E-state index contributed by atoms with van der Waals surface area (Å²) in [5, 5.41) is 2.12. The number of benzene rings is 2. The molecular weight excluding hydrogens is 446 g/mol. The molecule has 0 radical (unpaired) electrons. The van der Waals surface area contributed by atoms with Crippen LogP contribution in [0, 0.1) is 0 Å². The number of H-pyrrole nitrogens is 3. The van der Waals surface area contributed by atoms with Gasteiger partial charge in [0.05, 0.1) is 53.8 Å². The average Bonchev–Trinajstić information content (AvgIpc) is 3.68. The SMILES string of the molecule is COC(=O)c1[nH]c2c(-c3ccc(-c4cnc[nH]4)cc3)csc2c1-c1ccc(-c2cnc[nH]2)cc1. The lowest BCUT2D eigenvalue weighted by atomic mass is 10.0. The molecule has 0 aliphatic carbocycles. The van der Waals surface area contributed by atoms with E-state index in [4.69, 9.17) is 4.74 Å². The Balaban J connectivity index is 1.44. The van der Waals surface area contributed by atoms with Crippen molar-refractivity contribution in [3.05, 3.63) is 84.7 Å². The summed E-state index contributed by atoms with van der Waals surface area (Å²) in [4.78, 5) is 30.4. The highest BCUT2D eigenvalue weighted by atomic mass is 32.1. The van der Waals surface area contributed by atoms with E-state index in [0.717, 1.165) is 55.0 Å². The van der Waals surface area contributed by atoms with Crippen molar-refractivity contribution in [2.45, 2.75) is 0 Å². The maximum Gasteiger partial charge on any atom is 0.355 e. The molecule has 6 rings (SSSR count). The number of esters is 1. The van der Waals surface area contributed by atoms with Gasteiger partial charge in [0.2, 0.25) is 0 Å². The normalized spacial score (nSPS) is 11.2. The van der Waals surface area contributed by atoms with E-state index in [1.807, 2.05) is 24.3 Å². The summed E-state index contributed by atoms with van der Waals surface area (Å²) in [6.45, 7) is 0. The Morgan fingerprint density at radius 2 is 1.38 bits per heavy atom. The number of imidazole rings is 2. The number of ether oxygens (including phenoxy) is 1. The highest BCUT2D eigenvalue weighted by Gasteiger charge is 2.23. The average molecular weight is 466 g/mol. The molecule has 0 aliphatic heterocycles. The molecule has 3 N–H and O–H groups in total. The third-order valence-electron chi connectivity index (χ3n) is 5.90. The Kier molecular flexibility index (Phi) is 4.85. The number of nitrogens with zero attached hydrogens (tertiary/aromatic N) is 2. The number of thiophene rings is 1. The maximum absolute atomic E-state index is 12.7. The summed E-state index contributed by atoms with van der Waals surface area (Å²) in [5.41, 5.74) is 9.27. The number of hydrogen-bond donors (Lipinski definition) is 3. The van der Waals surface area contributed by atoms with Crippen LogP contribution in [0.3, 0.4) is 0 Å². The molecule has 6 aromatic rings. The Morgan fingerprint density at radius 3 is 1.91 bits per heavy atom. The molecule has 0 spiro atoms. The number of carbonyl (C=O) groups excluding carboxylic acids is 1. The van der Waals surface area contributed by atoms with E-state index in [0.29, 0.717) is 5.69 Å². The molecule has 0 aliphatic rings. The monoisotopic (exact) mass is 465 g/mol. The number of carbonyl (C=O) groups is 1. The molecule has 0 amide bonds. The maximum atomic E-state index is 12.7. The van der Waals surface area contributed by atoms with Crippen molar-refractivity contribution in [2.24, 2.45) is 0 Å². The first-order chi connectivity index (χ1) is 16.7. The third-order valence-corrected chi connectivity index (χ3v) is 6.89. The van der Waals surface area contributed by atoms with Gasteiger partial charge in [0, 0.05) is 16.5 Å². The first-order valence-electron chi connectivity index (χ1n) is 10.6. The summed E-state index contributed by atoms with van der Waals surface area (Å²) in [5.74, 6) is -0.392. The van der Waals surface area contributed by atoms with Crippen molar-refractivity contribution in [1.29, 1.82) is 0 Å². The second kappa shape index (κ2) is 8.17. The van der Waals surface area contributed by atoms with Crippen LogP contribution < -0.4 is 0 Å². The Morgan fingerprint density at radius 1 is 0.824 bits per heavy atom. The van der Waals surface area contributed by atoms with Crippen LogP contribution in [0.4, 0.5) is 0 Å². The fraction of sp³-hybridized carbons (Fsp3) is 0.0385. The molecule has 8 heteroatoms. The zero-order valence-electron chi connectivity index (χ0n) is 18.1. The van der Waals surface area contributed by atoms with Crippen LogP contribution in [0.1, 0.15) is 10.5 Å². The summed E-state index contributed by atoms with van der Waals surface area (Å²) >= 11 is 1.61. The number of rotatable bonds is 5. The lowest BCUT2D eigenvalue weighted by Gasteiger charge is -2.05. The lowest BCUT2D eigenvalue weighted by molar-refractivity contribution is 0.0596. The van der Waals surface area contributed by atoms with Crippen molar-refractivity contribution < 1.29 is 9.53 Å². The van der Waals surface area contributed by atoms with Crippen molar-refractivity contribution in [2.75, 3.05) is 7.11 Å². The van der Waals surface area contributed by atoms with E-state index in [2.05, 4.69) is 54.6 Å². The number of hydrogen-bond acceptors (Lipinski definition) is 5. The zero-order chi connectivity index (χ0) is 23.1. The number of aromatic amines is 3. The number of methoxy groups -OCH3 is 1. The van der Waals surface area contributed by atoms with Crippen LogP contribution in [0.2, 0.25) is 0 Å². The minimum atomic E-state index is -0.392. The summed E-state index contributed by atoms with van der Waals surface area (Å²) in [6.07, 6.45) is 6.91. The van der Waals surface area contributed by atoms with Crippen LogP contribution in [-0.2, 0) is 4.74 Å². The molecule has 34 heavy (non-hydrogen) atoms. The molecule has 0 unspecified atom stereocenters. The van der Waals surface area contributed by atoms with Gasteiger partial charge in [0.1, 0.15) is 5.69 Å². The zero-order valence-corrected chi connectivity index (χ0v) is 18.9. The van der Waals surface area contributed by atoms with Gasteiger partial charge in [-0.1, -0.05) is 48.5 Å². The Labute approximate surface area is 198 Å². The molecule has 4 aromatic heterocycles. The van der Waals surface area contributed by atoms with Crippen LogP contribution in [-0.4, -0.2) is 38.0 Å². The van der Waals surface area contributed by atoms with Gasteiger partial charge in [0.25, 0.3) is 0 Å². The Bertz CT molecular complexity index is 1580. The minimum Gasteiger partial charge on any atom is -0.464 e. The van der Waals surface area contributed by atoms with E-state index < -0.39 is 5.97 Å². The van der Waals surface area contributed by atoms with E-state index in [9.17, 15) is 4.79 Å². The molecule has 2 aromatic carbocycles. The second-order valence-electron chi connectivity index (χ2n) is 7.81. The van der Waals surface area contributed by atoms with Crippen LogP contribution >= 0.6 is 11.3 Å². The smallest absolute Gasteiger partial charge is 0.355 e. The highest BCUT2D eigenvalue weighted by molar-refractivity contribution is 7.18. The van der Waals surface area contributed by atoms with E-state index in [1.54, 1.807) is 36.4 Å². The number of nitrogens with one attached hydrogen (secondary N) is 3. The van der Waals surface area contributed by atoms with Gasteiger partial charge in [-0.25, -0.2) is 14.8 Å². The predicted molar refractivity (Wildman–Crippen MR) is 134 cm³/mol. The number of aromatic nitrogens is 5. The van der Waals surface area contributed by atoms with Crippen molar-refractivity contribution in [3.63, 3.8) is 0 Å². The van der Waals surface area contributed by atoms with E-state index in [-0.39, 0.29) is 0 Å². The van der Waals surface area contributed by atoms with Crippen molar-refractivity contribution in [3.8, 4) is 44.8 Å². The lowest BCUT2D eigenvalue weighted by Crippen LogP contribution is -2.03. The largest absolute Gasteiger partial charge is 0.464 e. The van der Waals surface area contributed by atoms with Gasteiger partial charge in [-0.05, 0) is 22.3 Å². The summed E-state index contributed by atoms with van der Waals surface area (Å²) < 4.78 is 6.11. The molecule has 166 valence electrons. The van der Waals surface area contributed by atoms with Gasteiger partial charge < -0.3 is 19.7 Å². The minimum absolute atomic E-state index is 0.392. The van der Waals surface area contributed by atoms with Gasteiger partial charge in [-0.2, -0.15) is 0 Å². The Hall–Kier alpha value is -4.43. The van der Waals surface area contributed by atoms with E-state index in [1.165, 1.54) is 7.11 Å². The molecule has 4 heterocycles. The summed E-state index contributed by atoms with van der Waals surface area (Å²) in [7, 11) is 1.40. The first-order valence-corrected chi connectivity index (χ1v) is 11.5. The van der Waals surface area contributed by atoms with Gasteiger partial charge >= 0.3 is 5.97 Å². The molecule has 0 fully saturated rings. The van der Waals surface area contributed by atoms with Crippen LogP contribution in [0.15, 0.2) is 79.0 Å². The molecular formula is C26H19N5O2S. The van der Waals surface area contributed by atoms with Crippen molar-refractivity contribution >= 4 is 27.5 Å². The fourth-order valence-electron chi connectivity index (χ4n) is 4.18. The summed E-state index contributed by atoms with van der Waals surface area (Å²) in [6, 6.07) is 16.4. The van der Waals surface area contributed by atoms with Crippen LogP contribution in [0.25, 0.3) is 55.0 Å². The molecule has 0 saturated carbocycles.